The Morgan fingerprint density at radius 1 is 1.18 bits per heavy atom. The minimum atomic E-state index is -2.74. The smallest absolute Gasteiger partial charge is 0.270 e. The zero-order valence-corrected chi connectivity index (χ0v) is 10.0. The summed E-state index contributed by atoms with van der Waals surface area (Å²) in [6, 6.07) is 6.65. The van der Waals surface area contributed by atoms with Crippen LogP contribution in [0, 0.1) is 0 Å². The first-order valence-electron chi connectivity index (χ1n) is 5.96. The van der Waals surface area contributed by atoms with E-state index in [4.69, 9.17) is 0 Å². The molecule has 0 radical (unpaired) electrons. The Kier molecular flexibility index (Phi) is 3.74. The number of halogens is 2. The van der Waals surface area contributed by atoms with Gasteiger partial charge in [-0.05, 0) is 5.56 Å². The van der Waals surface area contributed by atoms with E-state index in [1.165, 1.54) is 12.1 Å². The van der Waals surface area contributed by atoms with E-state index < -0.39 is 5.92 Å². The Bertz CT molecular complexity index is 351. The van der Waals surface area contributed by atoms with Gasteiger partial charge in [0, 0.05) is 45.2 Å². The summed E-state index contributed by atoms with van der Waals surface area (Å²) in [5.41, 5.74) is 1.18. The lowest BCUT2D eigenvalue weighted by Gasteiger charge is -2.27. The molecule has 0 saturated carbocycles. The minimum absolute atomic E-state index is 0.0848. The summed E-state index contributed by atoms with van der Waals surface area (Å²) in [6.45, 7) is 5.82. The van der Waals surface area contributed by atoms with Gasteiger partial charge in [-0.3, -0.25) is 4.90 Å². The Hall–Kier alpha value is -1.00. The van der Waals surface area contributed by atoms with Crippen molar-refractivity contribution in [2.24, 2.45) is 0 Å². The molecule has 94 valence electrons. The predicted molar refractivity (Wildman–Crippen MR) is 64.2 cm³/mol. The molecule has 0 amide bonds. The lowest BCUT2D eigenvalue weighted by atomic mass is 10.1. The van der Waals surface area contributed by atoms with Crippen molar-refractivity contribution >= 4 is 0 Å². The average Bonchev–Trinajstić information content (AvgIpc) is 2.30. The number of rotatable bonds is 3. The first kappa shape index (κ1) is 12.5. The summed E-state index contributed by atoms with van der Waals surface area (Å²) in [4.78, 5) is 2.33. The van der Waals surface area contributed by atoms with Gasteiger partial charge >= 0.3 is 0 Å². The number of hydrogen-bond donors (Lipinski definition) is 1. The van der Waals surface area contributed by atoms with Gasteiger partial charge in [0.2, 0.25) is 0 Å². The molecule has 2 rings (SSSR count). The van der Waals surface area contributed by atoms with E-state index in [1.807, 2.05) is 0 Å². The van der Waals surface area contributed by atoms with Gasteiger partial charge in [-0.2, -0.15) is 0 Å². The molecule has 0 aliphatic carbocycles. The third kappa shape index (κ3) is 3.48. The monoisotopic (exact) mass is 240 g/mol. The van der Waals surface area contributed by atoms with Gasteiger partial charge in [0.1, 0.15) is 0 Å². The maximum atomic E-state index is 13.0. The Morgan fingerprint density at radius 3 is 2.29 bits per heavy atom. The highest BCUT2D eigenvalue weighted by Gasteiger charge is 2.23. The second kappa shape index (κ2) is 5.10. The number of alkyl halides is 2. The third-order valence-electron chi connectivity index (χ3n) is 3.08. The first-order chi connectivity index (χ1) is 8.05. The summed E-state index contributed by atoms with van der Waals surface area (Å²) in [5, 5.41) is 3.29. The fourth-order valence-corrected chi connectivity index (χ4v) is 2.03. The molecule has 1 fully saturated rings. The van der Waals surface area contributed by atoms with Crippen molar-refractivity contribution in [2.45, 2.75) is 19.4 Å². The van der Waals surface area contributed by atoms with E-state index in [0.717, 1.165) is 45.2 Å². The maximum Gasteiger partial charge on any atom is 0.270 e. The molecule has 0 bridgehead atoms. The summed E-state index contributed by atoms with van der Waals surface area (Å²) >= 11 is 0. The molecule has 1 heterocycles. The van der Waals surface area contributed by atoms with Crippen LogP contribution in [0.25, 0.3) is 0 Å². The van der Waals surface area contributed by atoms with Gasteiger partial charge in [-0.15, -0.1) is 0 Å². The van der Waals surface area contributed by atoms with Crippen molar-refractivity contribution in [1.29, 1.82) is 0 Å². The fraction of sp³-hybridized carbons (Fsp3) is 0.538. The van der Waals surface area contributed by atoms with Crippen LogP contribution in [0.5, 0.6) is 0 Å². The number of benzene rings is 1. The first-order valence-corrected chi connectivity index (χ1v) is 5.96. The fourth-order valence-electron chi connectivity index (χ4n) is 2.03. The zero-order valence-electron chi connectivity index (χ0n) is 10.0. The Labute approximate surface area is 101 Å². The molecule has 0 atom stereocenters. The molecule has 4 heteroatoms. The Morgan fingerprint density at radius 2 is 1.76 bits per heavy atom. The molecule has 1 aliphatic rings. The van der Waals surface area contributed by atoms with E-state index >= 15 is 0 Å². The Balaban J connectivity index is 1.98. The van der Waals surface area contributed by atoms with Crippen LogP contribution >= 0.6 is 0 Å². The SMILES string of the molecule is CC(F)(F)c1ccc(CN2CCNCC2)cc1. The summed E-state index contributed by atoms with van der Waals surface area (Å²) in [7, 11) is 0. The second-order valence-electron chi connectivity index (χ2n) is 4.61. The molecule has 0 unspecified atom stereocenters. The van der Waals surface area contributed by atoms with Gasteiger partial charge in [0.05, 0.1) is 0 Å². The van der Waals surface area contributed by atoms with Gasteiger partial charge in [0.15, 0.2) is 0 Å². The van der Waals surface area contributed by atoms with Crippen molar-refractivity contribution in [1.82, 2.24) is 10.2 Å². The molecule has 1 aromatic rings. The molecule has 0 spiro atoms. The number of nitrogens with one attached hydrogen (secondary N) is 1. The van der Waals surface area contributed by atoms with Crippen molar-refractivity contribution < 1.29 is 8.78 Å². The van der Waals surface area contributed by atoms with Crippen LogP contribution in [-0.4, -0.2) is 31.1 Å². The highest BCUT2D eigenvalue weighted by molar-refractivity contribution is 5.25. The molecule has 1 aliphatic heterocycles. The maximum absolute atomic E-state index is 13.0. The molecular formula is C13H18F2N2. The standard InChI is InChI=1S/C13H18F2N2/c1-13(14,15)12-4-2-11(3-5-12)10-17-8-6-16-7-9-17/h2-5,16H,6-10H2,1H3. The molecular weight excluding hydrogens is 222 g/mol. The van der Waals surface area contributed by atoms with E-state index in [0.29, 0.717) is 0 Å². The van der Waals surface area contributed by atoms with E-state index in [9.17, 15) is 8.78 Å². The zero-order chi connectivity index (χ0) is 12.3. The van der Waals surface area contributed by atoms with Crippen molar-refractivity contribution in [2.75, 3.05) is 26.2 Å². The molecule has 2 nitrogen and oxygen atoms in total. The predicted octanol–water partition coefficient (Wildman–Crippen LogP) is 2.20. The van der Waals surface area contributed by atoms with Crippen molar-refractivity contribution in [3.05, 3.63) is 35.4 Å². The lowest BCUT2D eigenvalue weighted by molar-refractivity contribution is 0.0174. The summed E-state index contributed by atoms with van der Waals surface area (Å²) < 4.78 is 26.1. The van der Waals surface area contributed by atoms with Gasteiger partial charge in [-0.1, -0.05) is 24.3 Å². The number of piperazine rings is 1. The molecule has 1 aromatic carbocycles. The van der Waals surface area contributed by atoms with Gasteiger partial charge in [0.25, 0.3) is 5.92 Å². The lowest BCUT2D eigenvalue weighted by Crippen LogP contribution is -2.42. The topological polar surface area (TPSA) is 15.3 Å². The molecule has 1 saturated heterocycles. The van der Waals surface area contributed by atoms with Crippen LogP contribution in [0.3, 0.4) is 0 Å². The van der Waals surface area contributed by atoms with Gasteiger partial charge < -0.3 is 5.32 Å². The van der Waals surface area contributed by atoms with Gasteiger partial charge in [-0.25, -0.2) is 8.78 Å². The molecule has 0 aromatic heterocycles. The molecule has 17 heavy (non-hydrogen) atoms. The summed E-state index contributed by atoms with van der Waals surface area (Å²) in [5.74, 6) is -2.74. The molecule has 1 N–H and O–H groups in total. The quantitative estimate of drug-likeness (QED) is 0.871. The highest BCUT2D eigenvalue weighted by atomic mass is 19.3. The van der Waals surface area contributed by atoms with Crippen LogP contribution in [-0.2, 0) is 12.5 Å². The second-order valence-corrected chi connectivity index (χ2v) is 4.61. The highest BCUT2D eigenvalue weighted by Crippen LogP contribution is 2.26. The normalized spacial score (nSPS) is 18.3. The van der Waals surface area contributed by atoms with Crippen LogP contribution in [0.2, 0.25) is 0 Å². The van der Waals surface area contributed by atoms with Crippen molar-refractivity contribution in [3.8, 4) is 0 Å². The van der Waals surface area contributed by atoms with Crippen molar-refractivity contribution in [3.63, 3.8) is 0 Å². The average molecular weight is 240 g/mol. The van der Waals surface area contributed by atoms with Crippen LogP contribution in [0.4, 0.5) is 8.78 Å². The van der Waals surface area contributed by atoms with E-state index in [2.05, 4.69) is 10.2 Å². The minimum Gasteiger partial charge on any atom is -0.314 e. The third-order valence-corrected chi connectivity index (χ3v) is 3.08. The van der Waals surface area contributed by atoms with E-state index in [1.54, 1.807) is 12.1 Å². The largest absolute Gasteiger partial charge is 0.314 e. The summed E-state index contributed by atoms with van der Waals surface area (Å²) in [6.07, 6.45) is 0. The number of nitrogens with zero attached hydrogens (tertiary/aromatic N) is 1. The van der Waals surface area contributed by atoms with Crippen LogP contribution in [0.15, 0.2) is 24.3 Å². The van der Waals surface area contributed by atoms with Crippen LogP contribution in [0.1, 0.15) is 18.1 Å². The van der Waals surface area contributed by atoms with E-state index in [-0.39, 0.29) is 5.56 Å². The number of hydrogen-bond acceptors (Lipinski definition) is 2. The van der Waals surface area contributed by atoms with Crippen LogP contribution < -0.4 is 5.32 Å².